The van der Waals surface area contributed by atoms with E-state index in [0.29, 0.717) is 13.1 Å². The highest BCUT2D eigenvalue weighted by Gasteiger charge is 2.30. The van der Waals surface area contributed by atoms with Crippen molar-refractivity contribution in [2.24, 2.45) is 0 Å². The van der Waals surface area contributed by atoms with Gasteiger partial charge in [-0.25, -0.2) is 0 Å². The number of aromatic nitrogens is 1. The summed E-state index contributed by atoms with van der Waals surface area (Å²) in [5.74, 6) is -0.128. The third-order valence-electron chi connectivity index (χ3n) is 6.58. The normalized spacial score (nSPS) is 16.3. The molecule has 5 rings (SSSR count). The van der Waals surface area contributed by atoms with Crippen LogP contribution in [-0.4, -0.2) is 51.9 Å². The summed E-state index contributed by atoms with van der Waals surface area (Å²) in [5.41, 5.74) is 5.13. The maximum atomic E-state index is 12.7. The molecule has 2 aliphatic rings. The van der Waals surface area contributed by atoms with Gasteiger partial charge < -0.3 is 14.8 Å². The standard InChI is InChI=1S/C26H27BrN4O2/c1-2-26(33)31-15-22(16-31)28-25(32)17-30-14-20(23-11-21(27)7-8-24(23)30)13-29-10-9-18-5-3-4-6-19(18)12-29/h2-8,11,14,22H,1,9-10,12-13,15-17H2,(H,28,32). The van der Waals surface area contributed by atoms with Gasteiger partial charge in [-0.3, -0.25) is 14.5 Å². The van der Waals surface area contributed by atoms with E-state index in [4.69, 9.17) is 0 Å². The van der Waals surface area contributed by atoms with Crippen LogP contribution in [0.25, 0.3) is 10.9 Å². The minimum Gasteiger partial charge on any atom is -0.348 e. The average Bonchev–Trinajstić information content (AvgIpc) is 3.11. The molecule has 0 saturated carbocycles. The molecule has 0 radical (unpaired) electrons. The topological polar surface area (TPSA) is 57.6 Å². The van der Waals surface area contributed by atoms with E-state index in [-0.39, 0.29) is 24.4 Å². The molecule has 1 aromatic heterocycles. The highest BCUT2D eigenvalue weighted by Crippen LogP contribution is 2.28. The number of halogens is 1. The number of hydrogen-bond donors (Lipinski definition) is 1. The molecule has 1 saturated heterocycles. The fourth-order valence-corrected chi connectivity index (χ4v) is 5.20. The Balaban J connectivity index is 1.29. The maximum Gasteiger partial charge on any atom is 0.246 e. The molecule has 3 heterocycles. The van der Waals surface area contributed by atoms with Crippen LogP contribution in [0.3, 0.4) is 0 Å². The molecule has 2 aromatic carbocycles. The molecule has 0 bridgehead atoms. The largest absolute Gasteiger partial charge is 0.348 e. The summed E-state index contributed by atoms with van der Waals surface area (Å²) < 4.78 is 3.07. The van der Waals surface area contributed by atoms with Crippen LogP contribution < -0.4 is 5.32 Å². The van der Waals surface area contributed by atoms with Gasteiger partial charge in [-0.15, -0.1) is 0 Å². The number of fused-ring (bicyclic) bond motifs is 2. The Bertz CT molecular complexity index is 1230. The summed E-state index contributed by atoms with van der Waals surface area (Å²) in [7, 11) is 0. The van der Waals surface area contributed by atoms with Crippen LogP contribution in [0.5, 0.6) is 0 Å². The lowest BCUT2D eigenvalue weighted by atomic mass is 9.99. The van der Waals surface area contributed by atoms with Gasteiger partial charge in [0.1, 0.15) is 6.54 Å². The fraction of sp³-hybridized carbons (Fsp3) is 0.308. The molecule has 0 spiro atoms. The van der Waals surface area contributed by atoms with Crippen molar-refractivity contribution < 1.29 is 9.59 Å². The summed E-state index contributed by atoms with van der Waals surface area (Å²) in [6.07, 6.45) is 4.49. The van der Waals surface area contributed by atoms with Crippen molar-refractivity contribution in [3.63, 3.8) is 0 Å². The third-order valence-corrected chi connectivity index (χ3v) is 7.07. The molecule has 170 valence electrons. The summed E-state index contributed by atoms with van der Waals surface area (Å²) >= 11 is 3.60. The van der Waals surface area contributed by atoms with Crippen LogP contribution in [0.4, 0.5) is 0 Å². The number of nitrogens with one attached hydrogen (secondary N) is 1. The Labute approximate surface area is 202 Å². The Morgan fingerprint density at radius 1 is 1.15 bits per heavy atom. The molecular weight excluding hydrogens is 480 g/mol. The first-order valence-corrected chi connectivity index (χ1v) is 12.1. The van der Waals surface area contributed by atoms with Crippen molar-refractivity contribution in [3.8, 4) is 0 Å². The van der Waals surface area contributed by atoms with Crippen LogP contribution in [0, 0.1) is 0 Å². The zero-order chi connectivity index (χ0) is 22.9. The van der Waals surface area contributed by atoms with Gasteiger partial charge in [0.05, 0.1) is 6.04 Å². The van der Waals surface area contributed by atoms with Crippen molar-refractivity contribution in [1.82, 2.24) is 19.7 Å². The van der Waals surface area contributed by atoms with Crippen molar-refractivity contribution >= 4 is 38.6 Å². The smallest absolute Gasteiger partial charge is 0.246 e. The number of benzene rings is 2. The van der Waals surface area contributed by atoms with Gasteiger partial charge in [0.15, 0.2) is 0 Å². The van der Waals surface area contributed by atoms with Gasteiger partial charge in [-0.2, -0.15) is 0 Å². The second-order valence-corrected chi connectivity index (χ2v) is 9.80. The van der Waals surface area contributed by atoms with Gasteiger partial charge in [-0.05, 0) is 47.4 Å². The van der Waals surface area contributed by atoms with Gasteiger partial charge >= 0.3 is 0 Å². The van der Waals surface area contributed by atoms with Gasteiger partial charge in [-0.1, -0.05) is 46.8 Å². The van der Waals surface area contributed by atoms with E-state index in [1.807, 2.05) is 10.6 Å². The molecule has 2 amide bonds. The fourth-order valence-electron chi connectivity index (χ4n) is 4.84. The van der Waals surface area contributed by atoms with Gasteiger partial charge in [0, 0.05) is 54.3 Å². The molecule has 1 N–H and O–H groups in total. The molecule has 0 aliphatic carbocycles. The first-order valence-electron chi connectivity index (χ1n) is 11.3. The molecule has 6 nitrogen and oxygen atoms in total. The number of nitrogens with zero attached hydrogens (tertiary/aromatic N) is 3. The molecule has 0 atom stereocenters. The maximum absolute atomic E-state index is 12.7. The molecule has 3 aromatic rings. The average molecular weight is 507 g/mol. The second-order valence-electron chi connectivity index (χ2n) is 8.88. The van der Waals surface area contributed by atoms with Crippen molar-refractivity contribution in [2.45, 2.75) is 32.1 Å². The van der Waals surface area contributed by atoms with E-state index in [0.717, 1.165) is 36.0 Å². The minimum absolute atomic E-state index is 0.00487. The third kappa shape index (κ3) is 4.61. The predicted molar refractivity (Wildman–Crippen MR) is 133 cm³/mol. The lowest BCUT2D eigenvalue weighted by Gasteiger charge is -2.38. The Hall–Kier alpha value is -2.90. The Morgan fingerprint density at radius 3 is 2.73 bits per heavy atom. The minimum atomic E-state index is -0.0903. The Kier molecular flexibility index (Phi) is 6.08. The lowest BCUT2D eigenvalue weighted by Crippen LogP contribution is -2.61. The summed E-state index contributed by atoms with van der Waals surface area (Å²) in [6, 6.07) is 14.9. The summed E-state index contributed by atoms with van der Waals surface area (Å²) in [6.45, 7) is 7.66. The molecular formula is C26H27BrN4O2. The van der Waals surface area contributed by atoms with Crippen LogP contribution in [0.2, 0.25) is 0 Å². The highest BCUT2D eigenvalue weighted by atomic mass is 79.9. The van der Waals surface area contributed by atoms with Crippen LogP contribution in [-0.2, 0) is 35.6 Å². The highest BCUT2D eigenvalue weighted by molar-refractivity contribution is 9.10. The van der Waals surface area contributed by atoms with Crippen molar-refractivity contribution in [1.29, 1.82) is 0 Å². The quantitative estimate of drug-likeness (QED) is 0.520. The van der Waals surface area contributed by atoms with E-state index < -0.39 is 0 Å². The number of amides is 2. The van der Waals surface area contributed by atoms with Crippen LogP contribution >= 0.6 is 15.9 Å². The van der Waals surface area contributed by atoms with Gasteiger partial charge in [0.25, 0.3) is 0 Å². The van der Waals surface area contributed by atoms with E-state index in [1.54, 1.807) is 4.90 Å². The number of rotatable bonds is 6. The summed E-state index contributed by atoms with van der Waals surface area (Å²) in [5, 5.41) is 4.21. The van der Waals surface area contributed by atoms with Gasteiger partial charge in [0.2, 0.25) is 11.8 Å². The zero-order valence-corrected chi connectivity index (χ0v) is 20.1. The summed E-state index contributed by atoms with van der Waals surface area (Å²) in [4.78, 5) is 28.5. The monoisotopic (exact) mass is 506 g/mol. The molecule has 7 heteroatoms. The molecule has 0 unspecified atom stereocenters. The van der Waals surface area contributed by atoms with E-state index in [1.165, 1.54) is 28.2 Å². The zero-order valence-electron chi connectivity index (χ0n) is 18.5. The molecule has 33 heavy (non-hydrogen) atoms. The second kappa shape index (κ2) is 9.15. The predicted octanol–water partition coefficient (Wildman–Crippen LogP) is 3.48. The number of carbonyl (C=O) groups is 2. The van der Waals surface area contributed by atoms with Crippen molar-refractivity contribution in [3.05, 3.63) is 82.5 Å². The number of likely N-dealkylation sites (tertiary alicyclic amines) is 1. The lowest BCUT2D eigenvalue weighted by molar-refractivity contribution is -0.133. The van der Waals surface area contributed by atoms with Crippen LogP contribution in [0.1, 0.15) is 16.7 Å². The first kappa shape index (κ1) is 21.9. The van der Waals surface area contributed by atoms with Crippen LogP contribution in [0.15, 0.2) is 65.8 Å². The van der Waals surface area contributed by atoms with E-state index in [2.05, 4.69) is 75.3 Å². The van der Waals surface area contributed by atoms with E-state index >= 15 is 0 Å². The number of carbonyl (C=O) groups excluding carboxylic acids is 2. The van der Waals surface area contributed by atoms with E-state index in [9.17, 15) is 9.59 Å². The Morgan fingerprint density at radius 2 is 1.94 bits per heavy atom. The molecule has 2 aliphatic heterocycles. The number of hydrogen-bond acceptors (Lipinski definition) is 3. The molecule has 1 fully saturated rings. The SMILES string of the molecule is C=CC(=O)N1CC(NC(=O)Cn2cc(CN3CCc4ccccc4C3)c3cc(Br)ccc32)C1. The van der Waals surface area contributed by atoms with Crippen molar-refractivity contribution in [2.75, 3.05) is 19.6 Å². The first-order chi connectivity index (χ1) is 16.0.